The maximum absolute atomic E-state index is 15.3. The van der Waals surface area contributed by atoms with Crippen LogP contribution in [0.2, 0.25) is 0 Å². The second-order valence-corrected chi connectivity index (χ2v) is 11.2. The predicted octanol–water partition coefficient (Wildman–Crippen LogP) is 5.00. The minimum absolute atomic E-state index is 0.0442. The molecule has 2 aromatic carbocycles. The monoisotopic (exact) mass is 558 g/mol. The van der Waals surface area contributed by atoms with Crippen LogP contribution in [0.25, 0.3) is 0 Å². The molecule has 0 spiro atoms. The molecule has 4 rings (SSSR count). The fraction of sp³-hybridized carbons (Fsp3) is 0.500. The molecular weight excluding hydrogens is 522 g/mol. The van der Waals surface area contributed by atoms with E-state index < -0.39 is 35.0 Å². The van der Waals surface area contributed by atoms with Crippen molar-refractivity contribution < 1.29 is 37.7 Å². The number of amides is 2. The lowest BCUT2D eigenvalue weighted by Crippen LogP contribution is -2.45. The first-order valence-electron chi connectivity index (χ1n) is 13.6. The summed E-state index contributed by atoms with van der Waals surface area (Å²) in [6.07, 6.45) is 2.61. The summed E-state index contributed by atoms with van der Waals surface area (Å²) in [5.74, 6) is -2.49. The summed E-state index contributed by atoms with van der Waals surface area (Å²) in [5, 5.41) is 11.5. The van der Waals surface area contributed by atoms with Crippen LogP contribution in [-0.4, -0.2) is 54.7 Å². The highest BCUT2D eigenvalue weighted by Gasteiger charge is 2.37. The summed E-state index contributed by atoms with van der Waals surface area (Å²) in [7, 11) is 1.53. The number of aliphatic carboxylic acids is 1. The third-order valence-electron chi connectivity index (χ3n) is 7.43. The number of fused-ring (bicyclic) bond motifs is 1. The van der Waals surface area contributed by atoms with E-state index in [1.165, 1.54) is 12.0 Å². The first-order chi connectivity index (χ1) is 19.0. The van der Waals surface area contributed by atoms with Crippen LogP contribution in [0.15, 0.2) is 30.3 Å². The van der Waals surface area contributed by atoms with Crippen molar-refractivity contribution in [3.05, 3.63) is 58.7 Å². The smallest absolute Gasteiger partial charge is 0.303 e. The van der Waals surface area contributed by atoms with Crippen molar-refractivity contribution in [2.45, 2.75) is 63.8 Å². The molecule has 0 saturated heterocycles. The summed E-state index contributed by atoms with van der Waals surface area (Å²) >= 11 is 0. The Kier molecular flexibility index (Phi) is 9.08. The molecule has 2 amide bonds. The fourth-order valence-electron chi connectivity index (χ4n) is 5.16. The zero-order chi connectivity index (χ0) is 29.0. The molecule has 10 heteroatoms. The highest BCUT2D eigenvalue weighted by molar-refractivity contribution is 5.98. The van der Waals surface area contributed by atoms with Crippen molar-refractivity contribution in [2.75, 3.05) is 32.2 Å². The number of carboxylic acids is 1. The number of hydrogen-bond donors (Lipinski definition) is 2. The van der Waals surface area contributed by atoms with E-state index in [4.69, 9.17) is 14.6 Å². The molecule has 2 aromatic rings. The van der Waals surface area contributed by atoms with Gasteiger partial charge in [0.25, 0.3) is 5.91 Å². The molecule has 1 heterocycles. The van der Waals surface area contributed by atoms with E-state index >= 15 is 8.78 Å². The molecule has 2 aliphatic rings. The zero-order valence-corrected chi connectivity index (χ0v) is 23.1. The van der Waals surface area contributed by atoms with Gasteiger partial charge in [-0.05, 0) is 67.0 Å². The van der Waals surface area contributed by atoms with Gasteiger partial charge in [-0.1, -0.05) is 19.9 Å². The lowest BCUT2D eigenvalue weighted by atomic mass is 9.84. The molecule has 1 aliphatic carbocycles. The Morgan fingerprint density at radius 1 is 1.10 bits per heavy atom. The SMILES string of the molecule is COc1ccc2c(c1)CCN(C(=O)CCCC(=O)O)[C@H]2C(=O)Nc1cc(F)c(C(C)(C)COCC2CC2)c(F)c1. The second-order valence-electron chi connectivity index (χ2n) is 11.2. The number of halogens is 2. The maximum atomic E-state index is 15.3. The van der Waals surface area contributed by atoms with Gasteiger partial charge >= 0.3 is 5.97 Å². The lowest BCUT2D eigenvalue weighted by molar-refractivity contribution is -0.140. The van der Waals surface area contributed by atoms with Crippen LogP contribution in [0.4, 0.5) is 14.5 Å². The Morgan fingerprint density at radius 3 is 2.42 bits per heavy atom. The number of rotatable bonds is 12. The van der Waals surface area contributed by atoms with Gasteiger partial charge in [-0.2, -0.15) is 0 Å². The molecule has 0 radical (unpaired) electrons. The van der Waals surface area contributed by atoms with E-state index in [0.717, 1.165) is 30.5 Å². The summed E-state index contributed by atoms with van der Waals surface area (Å²) in [4.78, 5) is 39.0. The molecule has 1 atom stereocenters. The van der Waals surface area contributed by atoms with Crippen molar-refractivity contribution in [1.29, 1.82) is 0 Å². The van der Waals surface area contributed by atoms with Gasteiger partial charge in [-0.3, -0.25) is 14.4 Å². The number of ether oxygens (including phenoxy) is 2. The number of carbonyl (C=O) groups excluding carboxylic acids is 2. The van der Waals surface area contributed by atoms with Gasteiger partial charge in [0.05, 0.1) is 13.7 Å². The van der Waals surface area contributed by atoms with E-state index in [9.17, 15) is 14.4 Å². The Labute approximate surface area is 232 Å². The van der Waals surface area contributed by atoms with Crippen LogP contribution in [0.3, 0.4) is 0 Å². The van der Waals surface area contributed by atoms with E-state index in [0.29, 0.717) is 30.3 Å². The number of carbonyl (C=O) groups is 3. The van der Waals surface area contributed by atoms with Crippen molar-refractivity contribution in [1.82, 2.24) is 4.90 Å². The van der Waals surface area contributed by atoms with Crippen LogP contribution >= 0.6 is 0 Å². The van der Waals surface area contributed by atoms with Gasteiger partial charge in [-0.15, -0.1) is 0 Å². The number of nitrogens with zero attached hydrogens (tertiary/aromatic N) is 1. The summed E-state index contributed by atoms with van der Waals surface area (Å²) in [6, 6.07) is 6.27. The molecule has 2 N–H and O–H groups in total. The van der Waals surface area contributed by atoms with Crippen molar-refractivity contribution in [3.8, 4) is 5.75 Å². The zero-order valence-electron chi connectivity index (χ0n) is 23.1. The normalized spacial score (nSPS) is 16.8. The van der Waals surface area contributed by atoms with E-state index in [1.54, 1.807) is 32.0 Å². The summed E-state index contributed by atoms with van der Waals surface area (Å²) < 4.78 is 41.5. The third kappa shape index (κ3) is 6.96. The maximum Gasteiger partial charge on any atom is 0.303 e. The number of benzene rings is 2. The van der Waals surface area contributed by atoms with Gasteiger partial charge in [-0.25, -0.2) is 8.78 Å². The third-order valence-corrected chi connectivity index (χ3v) is 7.43. The van der Waals surface area contributed by atoms with Crippen molar-refractivity contribution in [3.63, 3.8) is 0 Å². The average Bonchev–Trinajstić information content (AvgIpc) is 3.71. The van der Waals surface area contributed by atoms with Gasteiger partial charge in [0, 0.05) is 42.7 Å². The molecule has 0 bridgehead atoms. The number of nitrogens with one attached hydrogen (secondary N) is 1. The first-order valence-corrected chi connectivity index (χ1v) is 13.6. The van der Waals surface area contributed by atoms with Gasteiger partial charge in [0.2, 0.25) is 5.91 Å². The second kappa shape index (κ2) is 12.3. The Hall–Kier alpha value is -3.53. The molecule has 216 valence electrons. The van der Waals surface area contributed by atoms with Crippen LogP contribution in [0, 0.1) is 17.6 Å². The average molecular weight is 559 g/mol. The molecule has 40 heavy (non-hydrogen) atoms. The topological polar surface area (TPSA) is 105 Å². The molecule has 8 nitrogen and oxygen atoms in total. The molecule has 0 aromatic heterocycles. The Balaban J connectivity index is 1.56. The van der Waals surface area contributed by atoms with Crippen molar-refractivity contribution >= 4 is 23.5 Å². The largest absolute Gasteiger partial charge is 0.497 e. The van der Waals surface area contributed by atoms with E-state index in [2.05, 4.69) is 5.32 Å². The van der Waals surface area contributed by atoms with Crippen LogP contribution in [-0.2, 0) is 31.0 Å². The van der Waals surface area contributed by atoms with Crippen LogP contribution in [0.1, 0.15) is 68.7 Å². The Morgan fingerprint density at radius 2 is 1.80 bits per heavy atom. The molecule has 1 fully saturated rings. The predicted molar refractivity (Wildman–Crippen MR) is 144 cm³/mol. The highest BCUT2D eigenvalue weighted by atomic mass is 19.1. The molecule has 0 unspecified atom stereocenters. The van der Waals surface area contributed by atoms with Gasteiger partial charge < -0.3 is 24.8 Å². The highest BCUT2D eigenvalue weighted by Crippen LogP contribution is 2.36. The minimum atomic E-state index is -1.06. The van der Waals surface area contributed by atoms with E-state index in [1.807, 2.05) is 0 Å². The fourth-order valence-corrected chi connectivity index (χ4v) is 5.16. The number of methoxy groups -OCH3 is 1. The molecule has 1 aliphatic heterocycles. The van der Waals surface area contributed by atoms with Gasteiger partial charge in [0.15, 0.2) is 0 Å². The van der Waals surface area contributed by atoms with Gasteiger partial charge in [0.1, 0.15) is 23.4 Å². The molecule has 1 saturated carbocycles. The van der Waals surface area contributed by atoms with E-state index in [-0.39, 0.29) is 49.6 Å². The summed E-state index contributed by atoms with van der Waals surface area (Å²) in [6.45, 7) is 4.37. The summed E-state index contributed by atoms with van der Waals surface area (Å²) in [5.41, 5.74) is 0.271. The first kappa shape index (κ1) is 29.5. The lowest BCUT2D eigenvalue weighted by Gasteiger charge is -2.36. The van der Waals surface area contributed by atoms with Crippen LogP contribution in [0.5, 0.6) is 5.75 Å². The number of anilines is 1. The minimum Gasteiger partial charge on any atom is -0.497 e. The van der Waals surface area contributed by atoms with Crippen molar-refractivity contribution in [2.24, 2.45) is 5.92 Å². The molecular formula is C30H36F2N2O6. The number of hydrogen-bond acceptors (Lipinski definition) is 5. The standard InChI is InChI=1S/C30H36F2N2O6/c1-30(2,17-40-16-18-7-8-18)27-23(31)14-20(15-24(27)32)33-29(38)28-22-10-9-21(39-3)13-19(22)11-12-34(28)25(35)5-4-6-26(36)37/h9-10,13-15,18,28H,4-8,11-12,16-17H2,1-3H3,(H,33,38)(H,36,37)/t28-/m1/s1. The number of carboxylic acid groups (broad SMARTS) is 1. The quantitative estimate of drug-likeness (QED) is 0.380. The van der Waals surface area contributed by atoms with Crippen LogP contribution < -0.4 is 10.1 Å². The Bertz CT molecular complexity index is 1250.